The minimum atomic E-state index is 0.483. The second kappa shape index (κ2) is 4.33. The van der Waals surface area contributed by atoms with Gasteiger partial charge in [-0.2, -0.15) is 0 Å². The summed E-state index contributed by atoms with van der Waals surface area (Å²) in [6.07, 6.45) is 2.01. The van der Waals surface area contributed by atoms with Gasteiger partial charge in [-0.05, 0) is 23.5 Å². The van der Waals surface area contributed by atoms with Crippen molar-refractivity contribution in [2.45, 2.75) is 13.8 Å². The second-order valence-corrected chi connectivity index (χ2v) is 3.52. The zero-order valence-electron chi connectivity index (χ0n) is 7.32. The molecule has 2 N–H and O–H groups in total. The van der Waals surface area contributed by atoms with E-state index in [2.05, 4.69) is 23.4 Å². The van der Waals surface area contributed by atoms with Crippen LogP contribution in [-0.4, -0.2) is 16.1 Å². The van der Waals surface area contributed by atoms with Gasteiger partial charge in [0, 0.05) is 11.9 Å². The molecule has 12 heavy (non-hydrogen) atoms. The third kappa shape index (κ3) is 2.39. The van der Waals surface area contributed by atoms with Gasteiger partial charge >= 0.3 is 0 Å². The zero-order valence-corrected chi connectivity index (χ0v) is 8.14. The van der Waals surface area contributed by atoms with E-state index in [9.17, 15) is 0 Å². The van der Waals surface area contributed by atoms with Gasteiger partial charge in [-0.1, -0.05) is 23.9 Å². The van der Waals surface area contributed by atoms with Crippen molar-refractivity contribution in [1.29, 1.82) is 0 Å². The summed E-state index contributed by atoms with van der Waals surface area (Å²) in [4.78, 5) is 0. The van der Waals surface area contributed by atoms with Crippen LogP contribution < -0.4 is 5.73 Å². The molecule has 0 atom stereocenters. The smallest absolute Gasteiger partial charge is 0.0982 e. The molecule has 0 saturated heterocycles. The average molecular weight is 183 g/mol. The molecule has 3 nitrogen and oxygen atoms in total. The summed E-state index contributed by atoms with van der Waals surface area (Å²) in [6, 6.07) is 0. The van der Waals surface area contributed by atoms with Crippen molar-refractivity contribution in [2.75, 3.05) is 6.54 Å². The molecule has 4 heteroatoms. The van der Waals surface area contributed by atoms with Gasteiger partial charge < -0.3 is 5.73 Å². The number of nitrogens with zero attached hydrogens (tertiary/aromatic N) is 2. The van der Waals surface area contributed by atoms with Gasteiger partial charge in [0.25, 0.3) is 0 Å². The molecule has 1 rings (SSSR count). The van der Waals surface area contributed by atoms with Gasteiger partial charge in [0.05, 0.1) is 5.69 Å². The molecule has 0 spiro atoms. The van der Waals surface area contributed by atoms with E-state index < -0.39 is 0 Å². The molecular weight excluding hydrogens is 170 g/mol. The number of nitrogens with two attached hydrogens (primary N) is 1. The van der Waals surface area contributed by atoms with Crippen LogP contribution in [0.3, 0.4) is 0 Å². The molecule has 0 aliphatic heterocycles. The lowest BCUT2D eigenvalue weighted by Crippen LogP contribution is -2.08. The Hall–Kier alpha value is -0.740. The normalized spacial score (nSPS) is 12.5. The summed E-state index contributed by atoms with van der Waals surface area (Å²) in [5.41, 5.74) is 7.70. The predicted octanol–water partition coefficient (Wildman–Crippen LogP) is 1.54. The Kier molecular flexibility index (Phi) is 3.37. The van der Waals surface area contributed by atoms with Crippen molar-refractivity contribution < 1.29 is 0 Å². The van der Waals surface area contributed by atoms with Crippen molar-refractivity contribution in [3.8, 4) is 0 Å². The number of rotatable bonds is 3. The summed E-state index contributed by atoms with van der Waals surface area (Å²) >= 11 is 1.36. The molecule has 0 saturated carbocycles. The Morgan fingerprint density at radius 3 is 2.92 bits per heavy atom. The highest BCUT2D eigenvalue weighted by Gasteiger charge is 2.01. The SMILES string of the molecule is CC(C)/C(=C\c1csnn1)CN. The largest absolute Gasteiger partial charge is 0.327 e. The second-order valence-electron chi connectivity index (χ2n) is 2.91. The fraction of sp³-hybridized carbons (Fsp3) is 0.500. The highest BCUT2D eigenvalue weighted by Crippen LogP contribution is 2.12. The molecule has 0 bridgehead atoms. The van der Waals surface area contributed by atoms with E-state index in [1.807, 2.05) is 11.5 Å². The Morgan fingerprint density at radius 2 is 2.50 bits per heavy atom. The standard InChI is InChI=1S/C8H13N3S/c1-6(2)7(4-9)3-8-5-12-11-10-8/h3,5-6H,4,9H2,1-2H3/b7-3-. The van der Waals surface area contributed by atoms with Crippen LogP contribution in [0, 0.1) is 5.92 Å². The summed E-state index contributed by atoms with van der Waals surface area (Å²) < 4.78 is 3.78. The molecule has 66 valence electrons. The van der Waals surface area contributed by atoms with Crippen LogP contribution in [0.1, 0.15) is 19.5 Å². The van der Waals surface area contributed by atoms with E-state index in [0.717, 1.165) is 5.69 Å². The van der Waals surface area contributed by atoms with Gasteiger partial charge in [0.2, 0.25) is 0 Å². The van der Waals surface area contributed by atoms with E-state index in [1.165, 1.54) is 17.1 Å². The maximum Gasteiger partial charge on any atom is 0.0982 e. The first-order valence-corrected chi connectivity index (χ1v) is 4.75. The van der Waals surface area contributed by atoms with Crippen molar-refractivity contribution in [1.82, 2.24) is 9.59 Å². The van der Waals surface area contributed by atoms with Crippen molar-refractivity contribution in [3.63, 3.8) is 0 Å². The summed E-state index contributed by atoms with van der Waals surface area (Å²) in [6.45, 7) is 4.84. The van der Waals surface area contributed by atoms with Crippen LogP contribution in [0.4, 0.5) is 0 Å². The van der Waals surface area contributed by atoms with E-state index in [-0.39, 0.29) is 0 Å². The van der Waals surface area contributed by atoms with Crippen LogP contribution >= 0.6 is 11.5 Å². The summed E-state index contributed by atoms with van der Waals surface area (Å²) in [5.74, 6) is 0.483. The fourth-order valence-corrected chi connectivity index (χ4v) is 1.30. The molecule has 0 unspecified atom stereocenters. The average Bonchev–Trinajstić information content (AvgIpc) is 2.51. The third-order valence-electron chi connectivity index (χ3n) is 1.69. The van der Waals surface area contributed by atoms with Crippen LogP contribution in [0.5, 0.6) is 0 Å². The van der Waals surface area contributed by atoms with Crippen molar-refractivity contribution >= 4 is 17.6 Å². The van der Waals surface area contributed by atoms with Crippen LogP contribution in [0.25, 0.3) is 6.08 Å². The molecule has 1 heterocycles. The highest BCUT2D eigenvalue weighted by atomic mass is 32.1. The van der Waals surface area contributed by atoms with Crippen LogP contribution in [0.15, 0.2) is 11.0 Å². The lowest BCUT2D eigenvalue weighted by Gasteiger charge is -2.06. The maximum atomic E-state index is 5.58. The molecule has 0 aliphatic rings. The first-order chi connectivity index (χ1) is 5.74. The third-order valence-corrected chi connectivity index (χ3v) is 2.21. The molecular formula is C8H13N3S. The van der Waals surface area contributed by atoms with Gasteiger partial charge in [-0.15, -0.1) is 5.10 Å². The molecule has 0 aliphatic carbocycles. The van der Waals surface area contributed by atoms with Gasteiger partial charge in [0.1, 0.15) is 0 Å². The van der Waals surface area contributed by atoms with Gasteiger partial charge in [0.15, 0.2) is 0 Å². The molecule has 0 amide bonds. The fourth-order valence-electron chi connectivity index (χ4n) is 0.886. The maximum absolute atomic E-state index is 5.58. The Morgan fingerprint density at radius 1 is 1.75 bits per heavy atom. The first-order valence-electron chi connectivity index (χ1n) is 3.91. The van der Waals surface area contributed by atoms with Gasteiger partial charge in [-0.3, -0.25) is 0 Å². The molecule has 1 aromatic rings. The topological polar surface area (TPSA) is 51.8 Å². The van der Waals surface area contributed by atoms with Crippen molar-refractivity contribution in [2.24, 2.45) is 11.7 Å². The summed E-state index contributed by atoms with van der Waals surface area (Å²) in [5, 5.41) is 5.84. The minimum absolute atomic E-state index is 0.483. The summed E-state index contributed by atoms with van der Waals surface area (Å²) in [7, 11) is 0. The lowest BCUT2D eigenvalue weighted by atomic mass is 10.0. The zero-order chi connectivity index (χ0) is 8.97. The quantitative estimate of drug-likeness (QED) is 0.773. The molecule has 0 aromatic carbocycles. The van der Waals surface area contributed by atoms with E-state index in [0.29, 0.717) is 12.5 Å². The molecule has 1 aromatic heterocycles. The lowest BCUT2D eigenvalue weighted by molar-refractivity contribution is 0.752. The monoisotopic (exact) mass is 183 g/mol. The Balaban J connectivity index is 2.78. The first kappa shape index (κ1) is 9.35. The van der Waals surface area contributed by atoms with Crippen molar-refractivity contribution in [3.05, 3.63) is 16.6 Å². The van der Waals surface area contributed by atoms with Crippen LogP contribution in [0.2, 0.25) is 0 Å². The number of hydrogen-bond donors (Lipinski definition) is 1. The van der Waals surface area contributed by atoms with E-state index >= 15 is 0 Å². The Labute approximate surface area is 76.5 Å². The predicted molar refractivity (Wildman–Crippen MR) is 51.8 cm³/mol. The van der Waals surface area contributed by atoms with E-state index in [1.54, 1.807) is 0 Å². The van der Waals surface area contributed by atoms with Gasteiger partial charge in [-0.25, -0.2) is 0 Å². The van der Waals surface area contributed by atoms with Crippen LogP contribution in [-0.2, 0) is 0 Å². The van der Waals surface area contributed by atoms with E-state index in [4.69, 9.17) is 5.73 Å². The Bertz CT molecular complexity index is 251. The highest BCUT2D eigenvalue weighted by molar-refractivity contribution is 7.03. The minimum Gasteiger partial charge on any atom is -0.327 e. The number of hydrogen-bond acceptors (Lipinski definition) is 4. The molecule has 0 radical (unpaired) electrons. The number of aromatic nitrogens is 2. The molecule has 0 fully saturated rings.